The van der Waals surface area contributed by atoms with Crippen LogP contribution in [0.5, 0.6) is 17.2 Å². The Morgan fingerprint density at radius 3 is 1.96 bits per heavy atom. The van der Waals surface area contributed by atoms with Crippen LogP contribution < -0.4 is 14.2 Å². The van der Waals surface area contributed by atoms with Crippen molar-refractivity contribution in [2.75, 3.05) is 35.4 Å². The van der Waals surface area contributed by atoms with Gasteiger partial charge in [-0.1, -0.05) is 0 Å². The van der Waals surface area contributed by atoms with E-state index in [1.165, 1.54) is 0 Å². The lowest BCUT2D eigenvalue weighted by atomic mass is 10.0. The molecule has 1 unspecified atom stereocenters. The van der Waals surface area contributed by atoms with Gasteiger partial charge in [0.15, 0.2) is 17.3 Å². The number of aromatic nitrogens is 4. The Morgan fingerprint density at radius 1 is 1.00 bits per heavy atom. The summed E-state index contributed by atoms with van der Waals surface area (Å²) in [7, 11) is 8.75. The Morgan fingerprint density at radius 2 is 1.56 bits per heavy atom. The molecule has 0 N–H and O–H groups in total. The topological polar surface area (TPSA) is 74.5 Å². The summed E-state index contributed by atoms with van der Waals surface area (Å²) in [5.74, 6) is 2.49. The second-order valence-corrected chi connectivity index (χ2v) is 6.94. The van der Waals surface area contributed by atoms with Crippen molar-refractivity contribution in [3.8, 4) is 17.2 Å². The minimum absolute atomic E-state index is 0.178. The summed E-state index contributed by atoms with van der Waals surface area (Å²) in [6.07, 6.45) is 0. The summed E-state index contributed by atoms with van der Waals surface area (Å²) < 4.78 is 18.2. The standard InChI is InChI=1S/C17H27N5O3/c1-17(2,3)22-16(18-19-20-22)14(21(4)5)11-9-12(23-6)15(25-8)13(10-11)24-7/h9-10,14H,1-8H3. The maximum atomic E-state index is 5.48. The number of tetrazole rings is 1. The number of ether oxygens (including phenoxy) is 3. The highest BCUT2D eigenvalue weighted by molar-refractivity contribution is 5.55. The second kappa shape index (κ2) is 7.26. The molecule has 0 spiro atoms. The SMILES string of the molecule is COc1cc(C(c2nnnn2C(C)(C)C)N(C)C)cc(OC)c1OC. The number of hydrogen-bond acceptors (Lipinski definition) is 7. The lowest BCUT2D eigenvalue weighted by Gasteiger charge is -2.28. The number of rotatable bonds is 6. The van der Waals surface area contributed by atoms with E-state index in [2.05, 4.69) is 41.2 Å². The van der Waals surface area contributed by atoms with Crippen molar-refractivity contribution >= 4 is 0 Å². The molecule has 1 heterocycles. The first-order chi connectivity index (χ1) is 11.7. The molecule has 1 aromatic heterocycles. The Labute approximate surface area is 148 Å². The Kier molecular flexibility index (Phi) is 5.52. The van der Waals surface area contributed by atoms with Gasteiger partial charge >= 0.3 is 0 Å². The molecule has 0 aliphatic heterocycles. The zero-order valence-electron chi connectivity index (χ0n) is 16.2. The molecule has 1 atom stereocenters. The monoisotopic (exact) mass is 349 g/mol. The molecule has 138 valence electrons. The van der Waals surface area contributed by atoms with Crippen molar-refractivity contribution < 1.29 is 14.2 Å². The summed E-state index contributed by atoms with van der Waals surface area (Å²) in [4.78, 5) is 2.05. The molecule has 0 fully saturated rings. The van der Waals surface area contributed by atoms with Gasteiger partial charge in [0, 0.05) is 0 Å². The first-order valence-electron chi connectivity index (χ1n) is 7.99. The van der Waals surface area contributed by atoms with Gasteiger partial charge in [0.05, 0.1) is 32.9 Å². The molecule has 2 rings (SSSR count). The third kappa shape index (κ3) is 3.68. The zero-order chi connectivity index (χ0) is 18.8. The van der Waals surface area contributed by atoms with E-state index in [0.717, 1.165) is 11.4 Å². The van der Waals surface area contributed by atoms with Gasteiger partial charge in [-0.15, -0.1) is 5.10 Å². The highest BCUT2D eigenvalue weighted by atomic mass is 16.5. The summed E-state index contributed by atoms with van der Waals surface area (Å²) >= 11 is 0. The van der Waals surface area contributed by atoms with E-state index >= 15 is 0 Å². The number of benzene rings is 1. The van der Waals surface area contributed by atoms with Crippen LogP contribution in [0.3, 0.4) is 0 Å². The molecule has 8 nitrogen and oxygen atoms in total. The third-order valence-corrected chi connectivity index (χ3v) is 3.89. The Balaban J connectivity index is 2.65. The summed E-state index contributed by atoms with van der Waals surface area (Å²) in [5, 5.41) is 12.3. The van der Waals surface area contributed by atoms with Crippen molar-refractivity contribution in [3.63, 3.8) is 0 Å². The maximum absolute atomic E-state index is 5.48. The molecular weight excluding hydrogens is 322 g/mol. The predicted molar refractivity (Wildman–Crippen MR) is 94.4 cm³/mol. The molecule has 0 radical (unpaired) electrons. The van der Waals surface area contributed by atoms with Crippen LogP contribution in [0.25, 0.3) is 0 Å². The van der Waals surface area contributed by atoms with Gasteiger partial charge in [0.25, 0.3) is 0 Å². The molecule has 0 amide bonds. The van der Waals surface area contributed by atoms with E-state index in [4.69, 9.17) is 14.2 Å². The van der Waals surface area contributed by atoms with Crippen molar-refractivity contribution in [1.29, 1.82) is 0 Å². The van der Waals surface area contributed by atoms with Crippen LogP contribution in [0.15, 0.2) is 12.1 Å². The highest BCUT2D eigenvalue weighted by Crippen LogP contribution is 2.41. The first-order valence-corrected chi connectivity index (χ1v) is 7.99. The lowest BCUT2D eigenvalue weighted by Crippen LogP contribution is -2.31. The summed E-state index contributed by atoms with van der Waals surface area (Å²) in [5.41, 5.74) is 0.702. The smallest absolute Gasteiger partial charge is 0.203 e. The van der Waals surface area contributed by atoms with Gasteiger partial charge in [0.1, 0.15) is 0 Å². The molecule has 0 aliphatic rings. The van der Waals surface area contributed by atoms with Gasteiger partial charge in [0.2, 0.25) is 5.75 Å². The van der Waals surface area contributed by atoms with E-state index in [-0.39, 0.29) is 11.6 Å². The van der Waals surface area contributed by atoms with Crippen LogP contribution in [-0.2, 0) is 5.54 Å². The van der Waals surface area contributed by atoms with Crippen LogP contribution in [0.4, 0.5) is 0 Å². The van der Waals surface area contributed by atoms with Gasteiger partial charge in [-0.2, -0.15) is 0 Å². The average Bonchev–Trinajstić information content (AvgIpc) is 3.03. The first kappa shape index (κ1) is 19.0. The maximum Gasteiger partial charge on any atom is 0.203 e. The molecular formula is C17H27N5O3. The van der Waals surface area contributed by atoms with E-state index < -0.39 is 0 Å². The minimum Gasteiger partial charge on any atom is -0.493 e. The molecule has 2 aromatic rings. The molecule has 1 aromatic carbocycles. The molecule has 8 heteroatoms. The molecule has 0 saturated heterocycles. The lowest BCUT2D eigenvalue weighted by molar-refractivity contribution is 0.274. The molecule has 25 heavy (non-hydrogen) atoms. The molecule has 0 saturated carbocycles. The summed E-state index contributed by atoms with van der Waals surface area (Å²) in [6.45, 7) is 6.19. The average molecular weight is 349 g/mol. The van der Waals surface area contributed by atoms with E-state index in [1.54, 1.807) is 21.3 Å². The predicted octanol–water partition coefficient (Wildman–Crippen LogP) is 2.10. The van der Waals surface area contributed by atoms with Gasteiger partial charge in [-0.05, 0) is 63.0 Å². The normalized spacial score (nSPS) is 13.0. The highest BCUT2D eigenvalue weighted by Gasteiger charge is 2.30. The molecule has 0 aliphatic carbocycles. The minimum atomic E-state index is -0.242. The van der Waals surface area contributed by atoms with Crippen molar-refractivity contribution in [3.05, 3.63) is 23.5 Å². The van der Waals surface area contributed by atoms with Crippen LogP contribution in [0.1, 0.15) is 38.2 Å². The van der Waals surface area contributed by atoms with Gasteiger partial charge in [-0.25, -0.2) is 4.68 Å². The second-order valence-electron chi connectivity index (χ2n) is 6.94. The number of methoxy groups -OCH3 is 3. The zero-order valence-corrected chi connectivity index (χ0v) is 16.2. The molecule has 0 bridgehead atoms. The van der Waals surface area contributed by atoms with Crippen molar-refractivity contribution in [1.82, 2.24) is 25.1 Å². The fourth-order valence-corrected chi connectivity index (χ4v) is 2.78. The Hall–Kier alpha value is -2.35. The van der Waals surface area contributed by atoms with E-state index in [1.807, 2.05) is 30.9 Å². The third-order valence-electron chi connectivity index (χ3n) is 3.89. The van der Waals surface area contributed by atoms with Crippen LogP contribution in [0.2, 0.25) is 0 Å². The fraction of sp³-hybridized carbons (Fsp3) is 0.588. The van der Waals surface area contributed by atoms with E-state index in [0.29, 0.717) is 17.2 Å². The largest absolute Gasteiger partial charge is 0.493 e. The van der Waals surface area contributed by atoms with Crippen molar-refractivity contribution in [2.45, 2.75) is 32.4 Å². The van der Waals surface area contributed by atoms with E-state index in [9.17, 15) is 0 Å². The van der Waals surface area contributed by atoms with Crippen LogP contribution >= 0.6 is 0 Å². The fourth-order valence-electron chi connectivity index (χ4n) is 2.78. The number of nitrogens with zero attached hydrogens (tertiary/aromatic N) is 5. The van der Waals surface area contributed by atoms with Gasteiger partial charge in [-0.3, -0.25) is 4.90 Å². The van der Waals surface area contributed by atoms with Crippen molar-refractivity contribution in [2.24, 2.45) is 0 Å². The van der Waals surface area contributed by atoms with Crippen LogP contribution in [0, 0.1) is 0 Å². The Bertz CT molecular complexity index is 696. The van der Waals surface area contributed by atoms with Crippen LogP contribution in [-0.4, -0.2) is 60.5 Å². The van der Waals surface area contributed by atoms with Gasteiger partial charge < -0.3 is 14.2 Å². The summed E-state index contributed by atoms with van der Waals surface area (Å²) in [6, 6.07) is 3.67. The number of hydrogen-bond donors (Lipinski definition) is 0. The quantitative estimate of drug-likeness (QED) is 0.790.